The Bertz CT molecular complexity index is 1070. The summed E-state index contributed by atoms with van der Waals surface area (Å²) in [5.74, 6) is 0.0555. The van der Waals surface area contributed by atoms with Crippen molar-refractivity contribution in [3.63, 3.8) is 0 Å². The second kappa shape index (κ2) is 10.9. The molecule has 9 heteroatoms. The van der Waals surface area contributed by atoms with Gasteiger partial charge in [-0.2, -0.15) is 0 Å². The maximum absolute atomic E-state index is 12.8. The number of amides is 2. The molecule has 0 aliphatic carbocycles. The molecule has 33 heavy (non-hydrogen) atoms. The van der Waals surface area contributed by atoms with Crippen LogP contribution in [0, 0.1) is 0 Å². The molecule has 1 aliphatic heterocycles. The lowest BCUT2D eigenvalue weighted by molar-refractivity contribution is -0.116. The van der Waals surface area contributed by atoms with Gasteiger partial charge >= 0.3 is 0 Å². The van der Waals surface area contributed by atoms with Crippen LogP contribution in [0.2, 0.25) is 0 Å². The summed E-state index contributed by atoms with van der Waals surface area (Å²) < 4.78 is 11.1. The minimum absolute atomic E-state index is 0.0616. The smallest absolute Gasteiger partial charge is 0.254 e. The van der Waals surface area contributed by atoms with E-state index in [9.17, 15) is 9.59 Å². The number of ether oxygens (including phenoxy) is 2. The molecule has 1 aromatic heterocycles. The highest BCUT2D eigenvalue weighted by Crippen LogP contribution is 2.19. The van der Waals surface area contributed by atoms with Gasteiger partial charge in [-0.05, 0) is 42.5 Å². The van der Waals surface area contributed by atoms with Gasteiger partial charge in [-0.15, -0.1) is 11.3 Å². The van der Waals surface area contributed by atoms with Gasteiger partial charge in [0.1, 0.15) is 12.4 Å². The third-order valence-corrected chi connectivity index (χ3v) is 5.84. The fourth-order valence-corrected chi connectivity index (χ4v) is 4.01. The highest BCUT2D eigenvalue weighted by atomic mass is 32.1. The zero-order valence-corrected chi connectivity index (χ0v) is 19.2. The van der Waals surface area contributed by atoms with Crippen LogP contribution in [0.3, 0.4) is 0 Å². The molecule has 4 rings (SSSR count). The Labute approximate surface area is 196 Å². The number of anilines is 2. The summed E-state index contributed by atoms with van der Waals surface area (Å²) in [7, 11) is 1.60. The number of hydrogen-bond acceptors (Lipinski definition) is 7. The first kappa shape index (κ1) is 22.8. The Morgan fingerprint density at radius 1 is 1.18 bits per heavy atom. The van der Waals surface area contributed by atoms with E-state index in [-0.39, 0.29) is 18.4 Å². The number of benzene rings is 2. The molecule has 3 aromatic rings. The van der Waals surface area contributed by atoms with E-state index >= 15 is 0 Å². The average molecular weight is 467 g/mol. The van der Waals surface area contributed by atoms with Gasteiger partial charge in [0.2, 0.25) is 5.91 Å². The third-order valence-electron chi connectivity index (χ3n) is 5.21. The number of carbonyl (C=O) groups excluding carboxylic acids is 2. The number of aromatic nitrogens is 1. The van der Waals surface area contributed by atoms with E-state index in [1.807, 2.05) is 29.6 Å². The molecule has 0 unspecified atom stereocenters. The van der Waals surface area contributed by atoms with E-state index in [4.69, 9.17) is 9.47 Å². The topological polar surface area (TPSA) is 84.0 Å². The number of carbonyl (C=O) groups is 2. The van der Waals surface area contributed by atoms with E-state index in [0.717, 1.165) is 37.7 Å². The summed E-state index contributed by atoms with van der Waals surface area (Å²) in [4.78, 5) is 33.1. The summed E-state index contributed by atoms with van der Waals surface area (Å²) in [5.41, 5.74) is 4.83. The minimum Gasteiger partial charge on any atom is -0.487 e. The van der Waals surface area contributed by atoms with E-state index in [0.29, 0.717) is 23.6 Å². The van der Waals surface area contributed by atoms with Gasteiger partial charge in [-0.25, -0.2) is 4.98 Å². The molecule has 0 spiro atoms. The first-order valence-electron chi connectivity index (χ1n) is 10.7. The number of likely N-dealkylation sites (N-methyl/N-ethyl adjacent to an activating group) is 1. The molecule has 0 radical (unpaired) electrons. The summed E-state index contributed by atoms with van der Waals surface area (Å²) in [5, 5.41) is 4.76. The van der Waals surface area contributed by atoms with Crippen LogP contribution in [-0.2, 0) is 16.1 Å². The van der Waals surface area contributed by atoms with Gasteiger partial charge in [0.25, 0.3) is 5.91 Å². The first-order chi connectivity index (χ1) is 16.1. The SMILES string of the molecule is CN(CC(=O)Nc1ccc(N2CCOCC2)cc1)C(=O)c1cccc(OCc2cscn2)c1. The molecule has 0 saturated carbocycles. The molecule has 8 nitrogen and oxygen atoms in total. The van der Waals surface area contributed by atoms with Crippen molar-refractivity contribution < 1.29 is 19.1 Å². The Kier molecular flexibility index (Phi) is 7.54. The summed E-state index contributed by atoms with van der Waals surface area (Å²) >= 11 is 1.50. The maximum atomic E-state index is 12.8. The molecule has 2 aromatic carbocycles. The van der Waals surface area contributed by atoms with E-state index in [2.05, 4.69) is 15.2 Å². The molecule has 172 valence electrons. The van der Waals surface area contributed by atoms with Crippen molar-refractivity contribution in [3.8, 4) is 5.75 Å². The second-order valence-corrected chi connectivity index (χ2v) is 8.37. The van der Waals surface area contributed by atoms with Crippen molar-refractivity contribution in [2.75, 3.05) is 50.1 Å². The van der Waals surface area contributed by atoms with Crippen LogP contribution in [0.15, 0.2) is 59.4 Å². The Balaban J connectivity index is 1.29. The number of thiazole rings is 1. The number of morpholine rings is 1. The van der Waals surface area contributed by atoms with Gasteiger partial charge in [-0.1, -0.05) is 6.07 Å². The lowest BCUT2D eigenvalue weighted by Crippen LogP contribution is -2.36. The van der Waals surface area contributed by atoms with Crippen molar-refractivity contribution >= 4 is 34.5 Å². The average Bonchev–Trinajstić information content (AvgIpc) is 3.37. The highest BCUT2D eigenvalue weighted by molar-refractivity contribution is 7.07. The quantitative estimate of drug-likeness (QED) is 0.549. The van der Waals surface area contributed by atoms with E-state index in [1.165, 1.54) is 16.2 Å². The van der Waals surface area contributed by atoms with Crippen molar-refractivity contribution in [2.24, 2.45) is 0 Å². The molecule has 1 aliphatic rings. The number of hydrogen-bond donors (Lipinski definition) is 1. The Morgan fingerprint density at radius 3 is 2.70 bits per heavy atom. The van der Waals surface area contributed by atoms with E-state index < -0.39 is 0 Å². The largest absolute Gasteiger partial charge is 0.487 e. The fourth-order valence-electron chi connectivity index (χ4n) is 3.47. The monoisotopic (exact) mass is 466 g/mol. The molecular formula is C24H26N4O4S. The number of rotatable bonds is 8. The standard InChI is InChI=1S/C24H26N4O4S/c1-27(24(30)18-3-2-4-22(13-18)32-15-20-16-33-17-25-20)14-23(29)26-19-5-7-21(8-6-19)28-9-11-31-12-10-28/h2-8,13,16-17H,9-12,14-15H2,1H3,(H,26,29). The fraction of sp³-hybridized carbons (Fsp3) is 0.292. The predicted molar refractivity (Wildman–Crippen MR) is 128 cm³/mol. The first-order valence-corrected chi connectivity index (χ1v) is 11.6. The molecule has 1 N–H and O–H groups in total. The van der Waals surface area contributed by atoms with Crippen LogP contribution in [0.5, 0.6) is 5.75 Å². The van der Waals surface area contributed by atoms with Crippen LogP contribution >= 0.6 is 11.3 Å². The molecule has 1 fully saturated rings. The third kappa shape index (κ3) is 6.30. The van der Waals surface area contributed by atoms with Crippen LogP contribution in [-0.4, -0.2) is 61.6 Å². The van der Waals surface area contributed by atoms with Gasteiger partial charge < -0.3 is 24.6 Å². The molecule has 0 atom stereocenters. The molecule has 2 heterocycles. The Morgan fingerprint density at radius 2 is 1.97 bits per heavy atom. The van der Waals surface area contributed by atoms with Crippen LogP contribution in [0.4, 0.5) is 11.4 Å². The molecule has 1 saturated heterocycles. The van der Waals surface area contributed by atoms with Crippen molar-refractivity contribution in [1.82, 2.24) is 9.88 Å². The number of nitrogens with zero attached hydrogens (tertiary/aromatic N) is 3. The number of nitrogens with one attached hydrogen (secondary N) is 1. The summed E-state index contributed by atoms with van der Waals surface area (Å²) in [6, 6.07) is 14.6. The van der Waals surface area contributed by atoms with Crippen LogP contribution < -0.4 is 15.0 Å². The van der Waals surface area contributed by atoms with Crippen molar-refractivity contribution in [2.45, 2.75) is 6.61 Å². The minimum atomic E-state index is -0.263. The normalized spacial score (nSPS) is 13.4. The molecule has 0 bridgehead atoms. The highest BCUT2D eigenvalue weighted by Gasteiger charge is 2.16. The zero-order valence-electron chi connectivity index (χ0n) is 18.4. The van der Waals surface area contributed by atoms with Gasteiger partial charge in [0, 0.05) is 42.5 Å². The summed E-state index contributed by atoms with van der Waals surface area (Å²) in [6.07, 6.45) is 0. The maximum Gasteiger partial charge on any atom is 0.254 e. The van der Waals surface area contributed by atoms with Gasteiger partial charge in [0.05, 0.1) is 31.0 Å². The Hall–Kier alpha value is -3.43. The molecular weight excluding hydrogens is 440 g/mol. The van der Waals surface area contributed by atoms with Crippen molar-refractivity contribution in [3.05, 3.63) is 70.7 Å². The van der Waals surface area contributed by atoms with Gasteiger partial charge in [0.15, 0.2) is 0 Å². The summed E-state index contributed by atoms with van der Waals surface area (Å²) in [6.45, 7) is 3.43. The van der Waals surface area contributed by atoms with Gasteiger partial charge in [-0.3, -0.25) is 9.59 Å². The lowest BCUT2D eigenvalue weighted by atomic mass is 10.2. The lowest BCUT2D eigenvalue weighted by Gasteiger charge is -2.28. The van der Waals surface area contributed by atoms with Crippen LogP contribution in [0.25, 0.3) is 0 Å². The van der Waals surface area contributed by atoms with Crippen LogP contribution in [0.1, 0.15) is 16.1 Å². The van der Waals surface area contributed by atoms with E-state index in [1.54, 1.807) is 36.8 Å². The van der Waals surface area contributed by atoms with Crippen molar-refractivity contribution in [1.29, 1.82) is 0 Å². The second-order valence-electron chi connectivity index (χ2n) is 7.65. The predicted octanol–water partition coefficient (Wildman–Crippen LogP) is 3.27. The zero-order chi connectivity index (χ0) is 23.0. The molecule has 2 amide bonds.